The van der Waals surface area contributed by atoms with Crippen molar-refractivity contribution in [1.29, 1.82) is 0 Å². The van der Waals surface area contributed by atoms with E-state index in [9.17, 15) is 21.6 Å². The van der Waals surface area contributed by atoms with Crippen LogP contribution in [0.3, 0.4) is 0 Å². The zero-order valence-electron chi connectivity index (χ0n) is 23.9. The molecule has 40 heavy (non-hydrogen) atoms. The molecule has 0 amide bonds. The number of halogens is 3. The molecule has 0 saturated heterocycles. The highest BCUT2D eigenvalue weighted by Gasteiger charge is 2.58. The van der Waals surface area contributed by atoms with E-state index in [-0.39, 0.29) is 0 Å². The van der Waals surface area contributed by atoms with Gasteiger partial charge in [-0.3, -0.25) is 3.63 Å². The van der Waals surface area contributed by atoms with Gasteiger partial charge in [-0.25, -0.2) is 0 Å². The lowest BCUT2D eigenvalue weighted by Gasteiger charge is -2.35. The van der Waals surface area contributed by atoms with Gasteiger partial charge < -0.3 is 14.4 Å². The highest BCUT2D eigenvalue weighted by molar-refractivity contribution is 8.32. The first-order valence-electron chi connectivity index (χ1n) is 12.5. The molecule has 0 atom stereocenters. The van der Waals surface area contributed by atoms with Crippen molar-refractivity contribution in [1.82, 2.24) is 0 Å². The maximum absolute atomic E-state index is 13.9. The molecule has 0 aliphatic carbocycles. The summed E-state index contributed by atoms with van der Waals surface area (Å²) in [4.78, 5) is 2.74. The highest BCUT2D eigenvalue weighted by Crippen LogP contribution is 2.69. The van der Waals surface area contributed by atoms with Crippen molar-refractivity contribution in [2.75, 3.05) is 19.0 Å². The van der Waals surface area contributed by atoms with Gasteiger partial charge in [-0.2, -0.15) is 13.2 Å². The minimum atomic E-state index is -5.92. The van der Waals surface area contributed by atoms with Gasteiger partial charge in [-0.1, -0.05) is 0 Å². The fourth-order valence-corrected chi connectivity index (χ4v) is 8.74. The molecule has 0 radical (unpaired) electrons. The summed E-state index contributed by atoms with van der Waals surface area (Å²) in [5.74, 6) is 0.972. The van der Waals surface area contributed by atoms with Gasteiger partial charge >= 0.3 is 15.6 Å². The van der Waals surface area contributed by atoms with Crippen LogP contribution >= 0.6 is 10.3 Å². The van der Waals surface area contributed by atoms with Gasteiger partial charge in [0.1, 0.15) is 22.7 Å². The summed E-state index contributed by atoms with van der Waals surface area (Å²) in [5.41, 5.74) is -5.82. The van der Waals surface area contributed by atoms with E-state index in [4.69, 9.17) is 9.47 Å². The van der Waals surface area contributed by atoms with Crippen LogP contribution in [0.2, 0.25) is 0 Å². The first-order chi connectivity index (χ1) is 18.2. The number of anilines is 1. The Bertz CT molecular complexity index is 1330. The van der Waals surface area contributed by atoms with Crippen LogP contribution in [0.25, 0.3) is 0 Å². The standard InChI is InChI=1S/C29H36F3NO5S2/c1-27(2,3)36-22-11-17-25(18-12-22)39(38-40(34,35)29(30,31)32,24-15-9-21(10-16-24)33(7)8)26-19-13-23(14-20-26)37-28(4,5)6/h9-20H,1-8H3/p+1. The molecule has 0 aliphatic heterocycles. The van der Waals surface area contributed by atoms with E-state index in [2.05, 4.69) is 3.63 Å². The fraction of sp³-hybridized carbons (Fsp3) is 0.379. The van der Waals surface area contributed by atoms with E-state index >= 15 is 0 Å². The fourth-order valence-electron chi connectivity index (χ4n) is 3.78. The summed E-state index contributed by atoms with van der Waals surface area (Å²) in [7, 11) is -5.61. The summed E-state index contributed by atoms with van der Waals surface area (Å²) >= 11 is 0. The molecule has 3 aromatic carbocycles. The molecule has 1 N–H and O–H groups in total. The predicted octanol–water partition coefficient (Wildman–Crippen LogP) is 8.25. The van der Waals surface area contributed by atoms with Gasteiger partial charge in [0.2, 0.25) is 0 Å². The lowest BCUT2D eigenvalue weighted by atomic mass is 10.2. The van der Waals surface area contributed by atoms with Gasteiger partial charge in [0.05, 0.1) is 25.0 Å². The van der Waals surface area contributed by atoms with E-state index in [1.54, 1.807) is 72.8 Å². The van der Waals surface area contributed by atoms with E-state index < -0.39 is 37.1 Å². The molecular weight excluding hydrogens is 563 g/mol. The van der Waals surface area contributed by atoms with Crippen molar-refractivity contribution < 1.29 is 34.7 Å². The van der Waals surface area contributed by atoms with Crippen LogP contribution in [-0.4, -0.2) is 42.9 Å². The van der Waals surface area contributed by atoms with E-state index in [1.807, 2.05) is 60.5 Å². The average Bonchev–Trinajstić information content (AvgIpc) is 2.81. The van der Waals surface area contributed by atoms with Crippen LogP contribution in [0, 0.1) is 0 Å². The van der Waals surface area contributed by atoms with Crippen molar-refractivity contribution >= 4 is 26.1 Å². The maximum atomic E-state index is 13.9. The SMILES string of the molecule is CN(C)c1ccc(S([OH+]S(=O)(=O)C(F)(F)F)(c2ccc(OC(C)(C)C)cc2)c2ccc(OC(C)(C)C)cc2)cc1. The Balaban J connectivity index is 2.34. The molecule has 0 spiro atoms. The molecular formula is C29H37F3NO5S2+. The summed E-state index contributed by atoms with van der Waals surface area (Å²) < 4.78 is 82.6. The number of hydrogen-bond acceptors (Lipinski definition) is 5. The van der Waals surface area contributed by atoms with Crippen molar-refractivity contribution in [2.45, 2.75) is 72.9 Å². The molecule has 0 heterocycles. The summed E-state index contributed by atoms with van der Waals surface area (Å²) in [6.07, 6.45) is 0. The maximum Gasteiger partial charge on any atom is 0.572 e. The van der Waals surface area contributed by atoms with E-state index in [1.165, 1.54) is 0 Å². The third-order valence-corrected chi connectivity index (χ3v) is 10.5. The van der Waals surface area contributed by atoms with Gasteiger partial charge in [-0.05, 0) is 114 Å². The zero-order valence-corrected chi connectivity index (χ0v) is 25.5. The average molecular weight is 601 g/mol. The van der Waals surface area contributed by atoms with Gasteiger partial charge in [0, 0.05) is 19.8 Å². The van der Waals surface area contributed by atoms with E-state index in [0.717, 1.165) is 5.69 Å². The van der Waals surface area contributed by atoms with Crippen molar-refractivity contribution in [3.05, 3.63) is 72.8 Å². The monoisotopic (exact) mass is 600 g/mol. The second-order valence-corrected chi connectivity index (χ2v) is 15.9. The molecule has 6 nitrogen and oxygen atoms in total. The molecule has 0 aliphatic rings. The highest BCUT2D eigenvalue weighted by atomic mass is 32.3. The summed E-state index contributed by atoms with van der Waals surface area (Å²) in [5, 5.41) is 0. The molecule has 11 heteroatoms. The lowest BCUT2D eigenvalue weighted by Crippen LogP contribution is -2.30. The Morgan fingerprint density at radius 3 is 1.23 bits per heavy atom. The molecule has 220 valence electrons. The molecule has 3 rings (SSSR count). The Hall–Kier alpha value is -2.89. The van der Waals surface area contributed by atoms with Crippen LogP contribution in [-0.2, 0) is 10.1 Å². The zero-order chi connectivity index (χ0) is 30.1. The third-order valence-electron chi connectivity index (χ3n) is 5.37. The number of nitrogens with zero attached hydrogens (tertiary/aromatic N) is 1. The number of benzene rings is 3. The van der Waals surface area contributed by atoms with Crippen LogP contribution in [0.15, 0.2) is 87.5 Å². The van der Waals surface area contributed by atoms with Crippen LogP contribution in [0.5, 0.6) is 11.5 Å². The molecule has 0 aromatic heterocycles. The largest absolute Gasteiger partial charge is 0.572 e. The van der Waals surface area contributed by atoms with Gasteiger partial charge in [-0.15, -0.1) is 8.42 Å². The summed E-state index contributed by atoms with van der Waals surface area (Å²) in [6.45, 7) is 11.2. The predicted molar refractivity (Wildman–Crippen MR) is 154 cm³/mol. The van der Waals surface area contributed by atoms with Crippen LogP contribution in [0.1, 0.15) is 41.5 Å². The van der Waals surface area contributed by atoms with Gasteiger partial charge in [0.15, 0.2) is 0 Å². The number of hydrogen-bond donors (Lipinski definition) is 0. The minimum Gasteiger partial charge on any atom is -0.488 e. The quantitative estimate of drug-likeness (QED) is 0.148. The molecule has 3 aromatic rings. The first kappa shape index (κ1) is 31.6. The second kappa shape index (κ2) is 11.2. The van der Waals surface area contributed by atoms with Crippen LogP contribution < -0.4 is 14.4 Å². The lowest BCUT2D eigenvalue weighted by molar-refractivity contribution is -0.0540. The van der Waals surface area contributed by atoms with Crippen molar-refractivity contribution in [2.24, 2.45) is 0 Å². The number of alkyl halides is 3. The Morgan fingerprint density at radius 2 is 0.950 bits per heavy atom. The molecule has 0 fully saturated rings. The first-order valence-corrected chi connectivity index (χ1v) is 15.5. The normalized spacial score (nSPS) is 13.6. The van der Waals surface area contributed by atoms with E-state index in [0.29, 0.717) is 26.2 Å². The topological polar surface area (TPSA) is 68.6 Å². The van der Waals surface area contributed by atoms with Crippen LogP contribution in [0.4, 0.5) is 18.9 Å². The molecule has 0 unspecified atom stereocenters. The smallest absolute Gasteiger partial charge is 0.488 e. The molecule has 0 bridgehead atoms. The molecule has 0 saturated carbocycles. The Kier molecular flexibility index (Phi) is 8.84. The second-order valence-electron chi connectivity index (χ2n) is 11.3. The number of ether oxygens (including phenoxy) is 2. The minimum absolute atomic E-state index is 0.295. The van der Waals surface area contributed by atoms with Crippen molar-refractivity contribution in [3.8, 4) is 11.5 Å². The van der Waals surface area contributed by atoms with Gasteiger partial charge in [0.25, 0.3) is 0 Å². The Labute approximate surface area is 236 Å². The third kappa shape index (κ3) is 7.44. The summed E-state index contributed by atoms with van der Waals surface area (Å²) in [6, 6.07) is 19.5. The Morgan fingerprint density at radius 1 is 0.625 bits per heavy atom. The van der Waals surface area contributed by atoms with Crippen molar-refractivity contribution in [3.63, 3.8) is 0 Å². The number of rotatable bonds is 8.